The highest BCUT2D eigenvalue weighted by Crippen LogP contribution is 2.22. The van der Waals surface area contributed by atoms with Crippen LogP contribution in [0.4, 0.5) is 0 Å². The molecule has 0 fully saturated rings. The predicted molar refractivity (Wildman–Crippen MR) is 113 cm³/mol. The molecule has 2 amide bonds. The lowest BCUT2D eigenvalue weighted by Gasteiger charge is -2.10. The zero-order valence-electron chi connectivity index (χ0n) is 16.7. The van der Waals surface area contributed by atoms with E-state index in [1.54, 1.807) is 12.1 Å². The summed E-state index contributed by atoms with van der Waals surface area (Å²) in [6.45, 7) is 0. The maximum absolute atomic E-state index is 12.4. The van der Waals surface area contributed by atoms with Gasteiger partial charge in [0.15, 0.2) is 5.78 Å². The van der Waals surface area contributed by atoms with Crippen LogP contribution in [0, 0.1) is 0 Å². The minimum absolute atomic E-state index is 0.0347. The zero-order valence-corrected chi connectivity index (χ0v) is 16.7. The zero-order chi connectivity index (χ0) is 21.5. The summed E-state index contributed by atoms with van der Waals surface area (Å²) in [6.07, 6.45) is -0.0135. The van der Waals surface area contributed by atoms with Crippen molar-refractivity contribution in [3.8, 4) is 11.5 Å². The first-order valence-electron chi connectivity index (χ1n) is 9.34. The lowest BCUT2D eigenvalue weighted by molar-refractivity contribution is -0.121. The highest BCUT2D eigenvalue weighted by Gasteiger charge is 2.13. The Bertz CT molecular complexity index is 1070. The van der Waals surface area contributed by atoms with Crippen molar-refractivity contribution in [3.05, 3.63) is 71.8 Å². The highest BCUT2D eigenvalue weighted by atomic mass is 16.5. The first-order chi connectivity index (χ1) is 14.5. The summed E-state index contributed by atoms with van der Waals surface area (Å²) in [4.78, 5) is 36.7. The second-order valence-corrected chi connectivity index (χ2v) is 6.59. The normalized spacial score (nSPS) is 10.3. The molecule has 0 saturated carbocycles. The van der Waals surface area contributed by atoms with Crippen LogP contribution in [-0.2, 0) is 4.79 Å². The summed E-state index contributed by atoms with van der Waals surface area (Å²) in [5, 5.41) is 2.01. The molecule has 0 saturated heterocycles. The second-order valence-electron chi connectivity index (χ2n) is 6.59. The van der Waals surface area contributed by atoms with Crippen LogP contribution in [0.2, 0.25) is 0 Å². The van der Waals surface area contributed by atoms with Gasteiger partial charge in [-0.1, -0.05) is 36.4 Å². The van der Waals surface area contributed by atoms with Gasteiger partial charge in [-0.3, -0.25) is 25.2 Å². The van der Waals surface area contributed by atoms with Gasteiger partial charge in [0.05, 0.1) is 14.2 Å². The molecule has 0 aromatic heterocycles. The molecule has 0 aliphatic carbocycles. The van der Waals surface area contributed by atoms with Crippen molar-refractivity contribution in [1.82, 2.24) is 10.9 Å². The molecule has 30 heavy (non-hydrogen) atoms. The third-order valence-electron chi connectivity index (χ3n) is 4.58. The van der Waals surface area contributed by atoms with Crippen molar-refractivity contribution in [2.24, 2.45) is 0 Å². The Morgan fingerprint density at radius 2 is 1.40 bits per heavy atom. The smallest absolute Gasteiger partial charge is 0.269 e. The second kappa shape index (κ2) is 9.56. The maximum atomic E-state index is 12.4. The minimum Gasteiger partial charge on any atom is -0.497 e. The fourth-order valence-corrected chi connectivity index (χ4v) is 2.93. The van der Waals surface area contributed by atoms with Crippen molar-refractivity contribution in [3.63, 3.8) is 0 Å². The summed E-state index contributed by atoms with van der Waals surface area (Å²) >= 11 is 0. The molecule has 0 heterocycles. The van der Waals surface area contributed by atoms with E-state index in [0.29, 0.717) is 17.1 Å². The Labute approximate surface area is 174 Å². The number of hydrogen-bond donors (Lipinski definition) is 2. The average molecular weight is 406 g/mol. The van der Waals surface area contributed by atoms with Crippen LogP contribution in [0.3, 0.4) is 0 Å². The number of benzene rings is 3. The molecule has 0 radical (unpaired) electrons. The van der Waals surface area contributed by atoms with Crippen LogP contribution < -0.4 is 20.3 Å². The van der Waals surface area contributed by atoms with Crippen molar-refractivity contribution in [2.75, 3.05) is 14.2 Å². The molecule has 7 nitrogen and oxygen atoms in total. The number of carbonyl (C=O) groups excluding carboxylic acids is 3. The van der Waals surface area contributed by atoms with E-state index in [1.807, 2.05) is 36.4 Å². The van der Waals surface area contributed by atoms with Gasteiger partial charge in [-0.25, -0.2) is 0 Å². The summed E-state index contributed by atoms with van der Waals surface area (Å²) in [6, 6.07) is 17.9. The predicted octanol–water partition coefficient (Wildman–Crippen LogP) is 3.28. The summed E-state index contributed by atoms with van der Waals surface area (Å²) in [7, 11) is 2.95. The quantitative estimate of drug-likeness (QED) is 0.464. The van der Waals surface area contributed by atoms with Gasteiger partial charge in [-0.15, -0.1) is 0 Å². The molecule has 7 heteroatoms. The number of hydrazine groups is 1. The van der Waals surface area contributed by atoms with Crippen molar-refractivity contribution in [2.45, 2.75) is 12.8 Å². The van der Waals surface area contributed by atoms with Crippen molar-refractivity contribution < 1.29 is 23.9 Å². The Hall–Kier alpha value is -3.87. The third kappa shape index (κ3) is 5.14. The molecule has 2 N–H and O–H groups in total. The molecule has 0 unspecified atom stereocenters. The number of fused-ring (bicyclic) bond motifs is 1. The molecule has 3 aromatic rings. The number of ketones is 1. The maximum Gasteiger partial charge on any atom is 0.269 e. The van der Waals surface area contributed by atoms with E-state index >= 15 is 0 Å². The van der Waals surface area contributed by atoms with Crippen LogP contribution in [0.5, 0.6) is 11.5 Å². The standard InChI is InChI=1S/C23H22N2O5/c1-29-19-12-18(13-20(14-19)30-2)23(28)25-24-22(27)10-9-21(26)17-8-7-15-5-3-4-6-16(15)11-17/h3-8,11-14H,9-10H2,1-2H3,(H,24,27)(H,25,28). The molecule has 0 bridgehead atoms. The Kier molecular flexibility index (Phi) is 6.64. The molecule has 0 aliphatic rings. The summed E-state index contributed by atoms with van der Waals surface area (Å²) in [5.41, 5.74) is 5.46. The Morgan fingerprint density at radius 3 is 2.07 bits per heavy atom. The average Bonchev–Trinajstić information content (AvgIpc) is 2.80. The fourth-order valence-electron chi connectivity index (χ4n) is 2.93. The molecule has 0 atom stereocenters. The number of amides is 2. The lowest BCUT2D eigenvalue weighted by Crippen LogP contribution is -2.41. The number of hydrogen-bond acceptors (Lipinski definition) is 5. The molecule has 0 spiro atoms. The number of Topliss-reactive ketones (excluding diaryl/α,β-unsaturated/α-hetero) is 1. The molecular formula is C23H22N2O5. The van der Waals surface area contributed by atoms with E-state index in [0.717, 1.165) is 10.8 Å². The van der Waals surface area contributed by atoms with Crippen LogP contribution in [0.25, 0.3) is 10.8 Å². The van der Waals surface area contributed by atoms with Gasteiger partial charge in [0.1, 0.15) is 11.5 Å². The number of methoxy groups -OCH3 is 2. The lowest BCUT2D eigenvalue weighted by atomic mass is 10.0. The first-order valence-corrected chi connectivity index (χ1v) is 9.34. The fraction of sp³-hybridized carbons (Fsp3) is 0.174. The van der Waals surface area contributed by atoms with Crippen LogP contribution in [-0.4, -0.2) is 31.8 Å². The van der Waals surface area contributed by atoms with Crippen molar-refractivity contribution >= 4 is 28.4 Å². The Balaban J connectivity index is 1.53. The largest absolute Gasteiger partial charge is 0.497 e. The topological polar surface area (TPSA) is 93.7 Å². The van der Waals surface area contributed by atoms with E-state index in [1.165, 1.54) is 26.4 Å². The van der Waals surface area contributed by atoms with Gasteiger partial charge in [-0.2, -0.15) is 0 Å². The van der Waals surface area contributed by atoms with Gasteiger partial charge >= 0.3 is 0 Å². The number of carbonyl (C=O) groups is 3. The number of nitrogens with one attached hydrogen (secondary N) is 2. The summed E-state index contributed by atoms with van der Waals surface area (Å²) in [5.74, 6) is -0.230. The van der Waals surface area contributed by atoms with Crippen LogP contribution >= 0.6 is 0 Å². The molecule has 0 aliphatic heterocycles. The van der Waals surface area contributed by atoms with E-state index in [4.69, 9.17) is 9.47 Å². The summed E-state index contributed by atoms with van der Waals surface area (Å²) < 4.78 is 10.2. The molecule has 154 valence electrons. The number of ether oxygens (including phenoxy) is 2. The van der Waals surface area contributed by atoms with Crippen molar-refractivity contribution in [1.29, 1.82) is 0 Å². The van der Waals surface area contributed by atoms with Gasteiger partial charge in [0.2, 0.25) is 5.91 Å². The highest BCUT2D eigenvalue weighted by molar-refractivity contribution is 6.01. The molecule has 3 rings (SSSR count). The first kappa shape index (κ1) is 20.9. The van der Waals surface area contributed by atoms with Gasteiger partial charge in [-0.05, 0) is 29.0 Å². The van der Waals surface area contributed by atoms with Crippen LogP contribution in [0.1, 0.15) is 33.6 Å². The van der Waals surface area contributed by atoms with Crippen LogP contribution in [0.15, 0.2) is 60.7 Å². The number of rotatable bonds is 7. The van der Waals surface area contributed by atoms with Gasteiger partial charge in [0, 0.05) is 30.0 Å². The Morgan fingerprint density at radius 1 is 0.733 bits per heavy atom. The monoisotopic (exact) mass is 406 g/mol. The molecular weight excluding hydrogens is 384 g/mol. The molecule has 3 aromatic carbocycles. The third-order valence-corrected chi connectivity index (χ3v) is 4.58. The minimum atomic E-state index is -0.526. The van der Waals surface area contributed by atoms with Gasteiger partial charge < -0.3 is 9.47 Å². The SMILES string of the molecule is COc1cc(OC)cc(C(=O)NNC(=O)CCC(=O)c2ccc3ccccc3c2)c1. The van der Waals surface area contributed by atoms with E-state index < -0.39 is 11.8 Å². The van der Waals surface area contributed by atoms with E-state index in [-0.39, 0.29) is 24.2 Å². The van der Waals surface area contributed by atoms with E-state index in [9.17, 15) is 14.4 Å². The van der Waals surface area contributed by atoms with E-state index in [2.05, 4.69) is 10.9 Å². The van der Waals surface area contributed by atoms with Gasteiger partial charge in [0.25, 0.3) is 5.91 Å².